The second-order valence-corrected chi connectivity index (χ2v) is 8.74. The number of carbonyl (C=O) groups is 1. The highest BCUT2D eigenvalue weighted by Crippen LogP contribution is 2.30. The van der Waals surface area contributed by atoms with Crippen molar-refractivity contribution in [1.29, 1.82) is 0 Å². The van der Waals surface area contributed by atoms with Crippen molar-refractivity contribution in [1.82, 2.24) is 0 Å². The zero-order valence-electron chi connectivity index (χ0n) is 16.5. The zero-order valence-corrected chi connectivity index (χ0v) is 17.3. The molecule has 3 rings (SSSR count). The van der Waals surface area contributed by atoms with E-state index in [1.165, 1.54) is 4.31 Å². The van der Waals surface area contributed by atoms with Crippen LogP contribution in [0.5, 0.6) is 5.75 Å². The van der Waals surface area contributed by atoms with Crippen molar-refractivity contribution in [2.45, 2.75) is 32.7 Å². The minimum Gasteiger partial charge on any atom is -0.494 e. The standard InChI is InChI=1S/C21H26N2O4S/c1-4-27-19-13-11-18(12-14-19)23(28(3,25)26)16(2)21(24)22-15-7-9-17-8-5-6-10-20(17)22/h5-6,8,10-14,16H,4,7,9,15H2,1-3H3. The molecule has 2 aromatic carbocycles. The molecule has 0 bridgehead atoms. The Bertz CT molecular complexity index is 941. The quantitative estimate of drug-likeness (QED) is 0.744. The number of carbonyl (C=O) groups excluding carboxylic acids is 1. The van der Waals surface area contributed by atoms with E-state index in [2.05, 4.69) is 0 Å². The van der Waals surface area contributed by atoms with Crippen molar-refractivity contribution in [2.75, 3.05) is 28.6 Å². The SMILES string of the molecule is CCOc1ccc(N(C(C)C(=O)N2CCCc3ccccc32)S(C)(=O)=O)cc1. The number of anilines is 2. The molecule has 0 N–H and O–H groups in total. The number of amides is 1. The zero-order chi connectivity index (χ0) is 20.3. The summed E-state index contributed by atoms with van der Waals surface area (Å²) >= 11 is 0. The summed E-state index contributed by atoms with van der Waals surface area (Å²) in [6.45, 7) is 4.63. The highest BCUT2D eigenvalue weighted by atomic mass is 32.2. The fraction of sp³-hybridized carbons (Fsp3) is 0.381. The van der Waals surface area contributed by atoms with Crippen molar-refractivity contribution in [3.63, 3.8) is 0 Å². The van der Waals surface area contributed by atoms with Crippen LogP contribution in [0.3, 0.4) is 0 Å². The Balaban J connectivity index is 1.92. The van der Waals surface area contributed by atoms with Gasteiger partial charge in [0.25, 0.3) is 5.91 Å². The van der Waals surface area contributed by atoms with Crippen LogP contribution in [-0.4, -0.2) is 39.8 Å². The number of para-hydroxylation sites is 1. The van der Waals surface area contributed by atoms with Crippen LogP contribution in [0.15, 0.2) is 48.5 Å². The van der Waals surface area contributed by atoms with Crippen LogP contribution in [0.4, 0.5) is 11.4 Å². The molecule has 28 heavy (non-hydrogen) atoms. The molecule has 1 atom stereocenters. The summed E-state index contributed by atoms with van der Waals surface area (Å²) in [7, 11) is -3.66. The van der Waals surface area contributed by atoms with Crippen LogP contribution >= 0.6 is 0 Å². The Kier molecular flexibility index (Phi) is 5.93. The molecule has 0 radical (unpaired) electrons. The van der Waals surface area contributed by atoms with E-state index in [1.807, 2.05) is 31.2 Å². The molecule has 0 saturated heterocycles. The van der Waals surface area contributed by atoms with Crippen LogP contribution in [-0.2, 0) is 21.2 Å². The second kappa shape index (κ2) is 8.22. The monoisotopic (exact) mass is 402 g/mol. The van der Waals surface area contributed by atoms with Gasteiger partial charge in [-0.3, -0.25) is 9.10 Å². The number of hydrogen-bond acceptors (Lipinski definition) is 4. The predicted molar refractivity (Wildman–Crippen MR) is 112 cm³/mol. The number of sulfonamides is 1. The first-order chi connectivity index (χ1) is 13.3. The van der Waals surface area contributed by atoms with Gasteiger partial charge < -0.3 is 9.64 Å². The first-order valence-corrected chi connectivity index (χ1v) is 11.3. The van der Waals surface area contributed by atoms with Crippen molar-refractivity contribution in [3.8, 4) is 5.75 Å². The van der Waals surface area contributed by atoms with Gasteiger partial charge in [-0.2, -0.15) is 0 Å². The van der Waals surface area contributed by atoms with Crippen molar-refractivity contribution in [3.05, 3.63) is 54.1 Å². The van der Waals surface area contributed by atoms with Crippen LogP contribution < -0.4 is 13.9 Å². The normalized spacial score (nSPS) is 14.9. The summed E-state index contributed by atoms with van der Waals surface area (Å²) in [6, 6.07) is 13.7. The van der Waals surface area contributed by atoms with Gasteiger partial charge in [0, 0.05) is 12.2 Å². The highest BCUT2D eigenvalue weighted by Gasteiger charge is 2.34. The topological polar surface area (TPSA) is 66.9 Å². The predicted octanol–water partition coefficient (Wildman–Crippen LogP) is 3.22. The van der Waals surface area contributed by atoms with E-state index in [0.717, 1.165) is 30.3 Å². The Hall–Kier alpha value is -2.54. The smallest absolute Gasteiger partial charge is 0.250 e. The number of hydrogen-bond donors (Lipinski definition) is 0. The van der Waals surface area contributed by atoms with E-state index < -0.39 is 16.1 Å². The lowest BCUT2D eigenvalue weighted by atomic mass is 10.0. The third kappa shape index (κ3) is 4.14. The molecule has 1 aliphatic rings. The van der Waals surface area contributed by atoms with Crippen LogP contribution in [0.1, 0.15) is 25.8 Å². The van der Waals surface area contributed by atoms with E-state index in [0.29, 0.717) is 24.6 Å². The van der Waals surface area contributed by atoms with Crippen molar-refractivity contribution >= 4 is 27.3 Å². The van der Waals surface area contributed by atoms with Gasteiger partial charge in [-0.15, -0.1) is 0 Å². The molecule has 0 fully saturated rings. The molecular weight excluding hydrogens is 376 g/mol. The Morgan fingerprint density at radius 2 is 1.86 bits per heavy atom. The lowest BCUT2D eigenvalue weighted by molar-refractivity contribution is -0.119. The molecule has 0 saturated carbocycles. The number of fused-ring (bicyclic) bond motifs is 1. The van der Waals surface area contributed by atoms with Gasteiger partial charge in [0.05, 0.1) is 18.6 Å². The van der Waals surface area contributed by atoms with E-state index in [4.69, 9.17) is 4.74 Å². The van der Waals surface area contributed by atoms with Gasteiger partial charge in [-0.25, -0.2) is 8.42 Å². The molecule has 6 nitrogen and oxygen atoms in total. The maximum absolute atomic E-state index is 13.3. The molecule has 2 aromatic rings. The second-order valence-electron chi connectivity index (χ2n) is 6.88. The Morgan fingerprint density at radius 3 is 2.50 bits per heavy atom. The van der Waals surface area contributed by atoms with E-state index >= 15 is 0 Å². The number of aryl methyl sites for hydroxylation is 1. The van der Waals surface area contributed by atoms with E-state index in [-0.39, 0.29) is 5.91 Å². The maximum atomic E-state index is 13.3. The molecule has 0 aromatic heterocycles. The summed E-state index contributed by atoms with van der Waals surface area (Å²) < 4.78 is 31.7. The number of benzene rings is 2. The van der Waals surface area contributed by atoms with Gasteiger partial charge in [0.2, 0.25) is 10.0 Å². The highest BCUT2D eigenvalue weighted by molar-refractivity contribution is 7.92. The van der Waals surface area contributed by atoms with Gasteiger partial charge in [-0.1, -0.05) is 18.2 Å². The lowest BCUT2D eigenvalue weighted by Gasteiger charge is -2.35. The van der Waals surface area contributed by atoms with E-state index in [1.54, 1.807) is 36.1 Å². The van der Waals surface area contributed by atoms with Crippen molar-refractivity contribution in [2.24, 2.45) is 0 Å². The Labute approximate surface area is 166 Å². The molecule has 7 heteroatoms. The van der Waals surface area contributed by atoms with E-state index in [9.17, 15) is 13.2 Å². The fourth-order valence-electron chi connectivity index (χ4n) is 3.65. The van der Waals surface area contributed by atoms with Crippen molar-refractivity contribution < 1.29 is 17.9 Å². The lowest BCUT2D eigenvalue weighted by Crippen LogP contribution is -2.50. The molecule has 1 aliphatic heterocycles. The van der Waals surface area contributed by atoms with Gasteiger partial charge in [-0.05, 0) is 62.6 Å². The Morgan fingerprint density at radius 1 is 1.18 bits per heavy atom. The average molecular weight is 403 g/mol. The average Bonchev–Trinajstić information content (AvgIpc) is 2.67. The summed E-state index contributed by atoms with van der Waals surface area (Å²) in [4.78, 5) is 15.0. The summed E-state index contributed by atoms with van der Waals surface area (Å²) in [5.41, 5.74) is 2.42. The fourth-order valence-corrected chi connectivity index (χ4v) is 4.82. The third-order valence-corrected chi connectivity index (χ3v) is 6.09. The first kappa shape index (κ1) is 20.2. The van der Waals surface area contributed by atoms with Gasteiger partial charge >= 0.3 is 0 Å². The minimum atomic E-state index is -3.66. The number of ether oxygens (including phenoxy) is 1. The largest absolute Gasteiger partial charge is 0.494 e. The molecule has 0 spiro atoms. The number of rotatable bonds is 6. The maximum Gasteiger partial charge on any atom is 0.250 e. The summed E-state index contributed by atoms with van der Waals surface area (Å²) in [5.74, 6) is 0.426. The molecule has 0 aliphatic carbocycles. The van der Waals surface area contributed by atoms with Crippen LogP contribution in [0.2, 0.25) is 0 Å². The summed E-state index contributed by atoms with van der Waals surface area (Å²) in [5, 5.41) is 0. The minimum absolute atomic E-state index is 0.230. The number of nitrogens with zero attached hydrogens (tertiary/aromatic N) is 2. The van der Waals surface area contributed by atoms with Crippen LogP contribution in [0, 0.1) is 0 Å². The molecule has 1 heterocycles. The first-order valence-electron chi connectivity index (χ1n) is 9.44. The molecule has 150 valence electrons. The van der Waals surface area contributed by atoms with Gasteiger partial charge in [0.1, 0.15) is 11.8 Å². The molecule has 1 unspecified atom stereocenters. The molecular formula is C21H26N2O4S. The third-order valence-electron chi connectivity index (χ3n) is 4.84. The van der Waals surface area contributed by atoms with Gasteiger partial charge in [0.15, 0.2) is 0 Å². The summed E-state index contributed by atoms with van der Waals surface area (Å²) in [6.07, 6.45) is 2.90. The van der Waals surface area contributed by atoms with Crippen LogP contribution in [0.25, 0.3) is 0 Å². The molecule has 1 amide bonds.